The second-order valence-electron chi connectivity index (χ2n) is 5.16. The molecule has 0 spiro atoms. The largest absolute Gasteiger partial charge is 0.435 e. The average molecular weight is 350 g/mol. The van der Waals surface area contributed by atoms with Crippen molar-refractivity contribution in [2.75, 3.05) is 11.9 Å². The van der Waals surface area contributed by atoms with Crippen molar-refractivity contribution in [3.8, 4) is 5.75 Å². The van der Waals surface area contributed by atoms with E-state index in [1.54, 1.807) is 12.1 Å². The van der Waals surface area contributed by atoms with Crippen molar-refractivity contribution >= 4 is 23.0 Å². The lowest BCUT2D eigenvalue weighted by Crippen LogP contribution is -2.30. The molecule has 3 nitrogen and oxygen atoms in total. The van der Waals surface area contributed by atoms with E-state index in [4.69, 9.17) is 12.2 Å². The molecule has 0 fully saturated rings. The van der Waals surface area contributed by atoms with Gasteiger partial charge < -0.3 is 15.4 Å². The Morgan fingerprint density at radius 3 is 2.50 bits per heavy atom. The zero-order valence-electron chi connectivity index (χ0n) is 13.4. The van der Waals surface area contributed by atoms with E-state index >= 15 is 0 Å². The minimum absolute atomic E-state index is 0.162. The van der Waals surface area contributed by atoms with Gasteiger partial charge in [-0.05, 0) is 54.4 Å². The van der Waals surface area contributed by atoms with Crippen LogP contribution in [-0.4, -0.2) is 18.3 Å². The molecule has 0 heterocycles. The third kappa shape index (κ3) is 5.77. The van der Waals surface area contributed by atoms with Crippen LogP contribution in [0.3, 0.4) is 0 Å². The first-order chi connectivity index (χ1) is 11.6. The first kappa shape index (κ1) is 18.1. The maximum atomic E-state index is 12.1. The maximum absolute atomic E-state index is 12.1. The van der Waals surface area contributed by atoms with Gasteiger partial charge in [-0.3, -0.25) is 0 Å². The topological polar surface area (TPSA) is 33.3 Å². The van der Waals surface area contributed by atoms with Gasteiger partial charge in [-0.15, -0.1) is 0 Å². The van der Waals surface area contributed by atoms with Crippen molar-refractivity contribution in [1.29, 1.82) is 0 Å². The number of para-hydroxylation sites is 1. The molecular weight excluding hydrogens is 330 g/mol. The van der Waals surface area contributed by atoms with Crippen molar-refractivity contribution in [2.24, 2.45) is 0 Å². The average Bonchev–Trinajstić information content (AvgIpc) is 2.56. The zero-order valence-corrected chi connectivity index (χ0v) is 14.2. The fourth-order valence-electron chi connectivity index (χ4n) is 2.27. The van der Waals surface area contributed by atoms with E-state index in [1.165, 1.54) is 17.7 Å². The Morgan fingerprint density at radius 2 is 1.83 bits per heavy atom. The molecule has 0 aliphatic heterocycles. The number of nitrogens with one attached hydrogen (secondary N) is 2. The molecule has 128 valence electrons. The molecule has 24 heavy (non-hydrogen) atoms. The van der Waals surface area contributed by atoms with E-state index in [1.807, 2.05) is 18.2 Å². The van der Waals surface area contributed by atoms with Gasteiger partial charge in [0.05, 0.1) is 0 Å². The number of thiocarbonyl (C=S) groups is 1. The number of hydrogen-bond donors (Lipinski definition) is 2. The Bertz CT molecular complexity index is 662. The smallest absolute Gasteiger partial charge is 0.387 e. The summed E-state index contributed by atoms with van der Waals surface area (Å²) in [6.45, 7) is -0.0555. The van der Waals surface area contributed by atoms with Crippen LogP contribution in [-0.2, 0) is 12.8 Å². The number of alkyl halides is 2. The van der Waals surface area contributed by atoms with Gasteiger partial charge in [-0.1, -0.05) is 37.3 Å². The standard InChI is InChI=1S/C18H20F2N2OS/c1-2-14-5-3-4-6-16(14)22-18(24)21-12-11-13-7-9-15(10-8-13)23-17(19)20/h3-10,17H,2,11-12H2,1H3,(H2,21,22,24). The lowest BCUT2D eigenvalue weighted by Gasteiger charge is -2.13. The molecule has 2 aromatic rings. The molecule has 0 saturated heterocycles. The number of hydrogen-bond acceptors (Lipinski definition) is 2. The number of rotatable bonds is 7. The summed E-state index contributed by atoms with van der Waals surface area (Å²) in [4.78, 5) is 0. The molecule has 0 radical (unpaired) electrons. The highest BCUT2D eigenvalue weighted by atomic mass is 32.1. The van der Waals surface area contributed by atoms with Crippen LogP contribution in [0.4, 0.5) is 14.5 Å². The van der Waals surface area contributed by atoms with Crippen molar-refractivity contribution in [3.05, 3.63) is 59.7 Å². The van der Waals surface area contributed by atoms with Gasteiger partial charge in [-0.2, -0.15) is 8.78 Å². The van der Waals surface area contributed by atoms with Crippen LogP contribution in [0, 0.1) is 0 Å². The zero-order chi connectivity index (χ0) is 17.4. The molecule has 6 heteroatoms. The monoisotopic (exact) mass is 350 g/mol. The lowest BCUT2D eigenvalue weighted by atomic mass is 10.1. The number of anilines is 1. The lowest BCUT2D eigenvalue weighted by molar-refractivity contribution is -0.0498. The van der Waals surface area contributed by atoms with Crippen molar-refractivity contribution in [3.63, 3.8) is 0 Å². The Hall–Kier alpha value is -2.21. The van der Waals surface area contributed by atoms with Crippen LogP contribution in [0.2, 0.25) is 0 Å². The SMILES string of the molecule is CCc1ccccc1NC(=S)NCCc1ccc(OC(F)F)cc1. The molecule has 0 aliphatic rings. The van der Waals surface area contributed by atoms with Crippen molar-refractivity contribution in [2.45, 2.75) is 26.4 Å². The van der Waals surface area contributed by atoms with Gasteiger partial charge in [0, 0.05) is 12.2 Å². The first-order valence-corrected chi connectivity index (χ1v) is 8.16. The van der Waals surface area contributed by atoms with Gasteiger partial charge in [0.2, 0.25) is 0 Å². The third-order valence-corrected chi connectivity index (χ3v) is 3.74. The highest BCUT2D eigenvalue weighted by Gasteiger charge is 2.04. The quantitative estimate of drug-likeness (QED) is 0.726. The second-order valence-corrected chi connectivity index (χ2v) is 5.57. The summed E-state index contributed by atoms with van der Waals surface area (Å²) in [6, 6.07) is 14.6. The highest BCUT2D eigenvalue weighted by Crippen LogP contribution is 2.16. The Balaban J connectivity index is 1.78. The maximum Gasteiger partial charge on any atom is 0.387 e. The van der Waals surface area contributed by atoms with Gasteiger partial charge in [0.15, 0.2) is 5.11 Å². The third-order valence-electron chi connectivity index (χ3n) is 3.49. The summed E-state index contributed by atoms with van der Waals surface area (Å²) in [5.74, 6) is 0.162. The van der Waals surface area contributed by atoms with E-state index in [0.29, 0.717) is 11.7 Å². The molecule has 0 atom stereocenters. The predicted octanol–water partition coefficient (Wildman–Crippen LogP) is 4.38. The van der Waals surface area contributed by atoms with Gasteiger partial charge in [0.1, 0.15) is 5.75 Å². The number of halogens is 2. The normalized spacial score (nSPS) is 10.5. The van der Waals surface area contributed by atoms with Crippen LogP contribution in [0.5, 0.6) is 5.75 Å². The molecule has 0 unspecified atom stereocenters. The van der Waals surface area contributed by atoms with E-state index in [2.05, 4.69) is 28.4 Å². The van der Waals surface area contributed by atoms with Crippen LogP contribution >= 0.6 is 12.2 Å². The van der Waals surface area contributed by atoms with Crippen LogP contribution in [0.1, 0.15) is 18.1 Å². The van der Waals surface area contributed by atoms with E-state index in [-0.39, 0.29) is 5.75 Å². The van der Waals surface area contributed by atoms with Gasteiger partial charge in [-0.25, -0.2) is 0 Å². The highest BCUT2D eigenvalue weighted by molar-refractivity contribution is 7.80. The molecule has 2 N–H and O–H groups in total. The molecule has 0 bridgehead atoms. The second kappa shape index (κ2) is 9.17. The summed E-state index contributed by atoms with van der Waals surface area (Å²) in [6.07, 6.45) is 1.66. The molecule has 2 aromatic carbocycles. The molecule has 0 aromatic heterocycles. The fourth-order valence-corrected chi connectivity index (χ4v) is 2.49. The molecule has 0 saturated carbocycles. The van der Waals surface area contributed by atoms with E-state index in [0.717, 1.165) is 24.1 Å². The molecule has 0 aliphatic carbocycles. The number of benzene rings is 2. The molecule has 2 rings (SSSR count). The summed E-state index contributed by atoms with van der Waals surface area (Å²) in [5.41, 5.74) is 3.23. The Kier molecular flexibility index (Phi) is 6.93. The summed E-state index contributed by atoms with van der Waals surface area (Å²) >= 11 is 5.30. The van der Waals surface area contributed by atoms with E-state index < -0.39 is 6.61 Å². The van der Waals surface area contributed by atoms with Crippen molar-refractivity contribution < 1.29 is 13.5 Å². The molecular formula is C18H20F2N2OS. The van der Waals surface area contributed by atoms with Crippen LogP contribution in [0.25, 0.3) is 0 Å². The van der Waals surface area contributed by atoms with Crippen molar-refractivity contribution in [1.82, 2.24) is 5.32 Å². The van der Waals surface area contributed by atoms with Crippen LogP contribution in [0.15, 0.2) is 48.5 Å². The van der Waals surface area contributed by atoms with Crippen LogP contribution < -0.4 is 15.4 Å². The first-order valence-electron chi connectivity index (χ1n) is 7.75. The van der Waals surface area contributed by atoms with Gasteiger partial charge >= 0.3 is 6.61 Å². The Labute approximate surface area is 146 Å². The predicted molar refractivity (Wildman–Crippen MR) is 96.8 cm³/mol. The summed E-state index contributed by atoms with van der Waals surface area (Å²) < 4.78 is 28.5. The van der Waals surface area contributed by atoms with E-state index in [9.17, 15) is 8.78 Å². The van der Waals surface area contributed by atoms with Gasteiger partial charge in [0.25, 0.3) is 0 Å². The minimum atomic E-state index is -2.80. The summed E-state index contributed by atoms with van der Waals surface area (Å²) in [5, 5.41) is 6.91. The fraction of sp³-hybridized carbons (Fsp3) is 0.278. The minimum Gasteiger partial charge on any atom is -0.435 e. The number of ether oxygens (including phenoxy) is 1. The summed E-state index contributed by atoms with van der Waals surface area (Å²) in [7, 11) is 0. The molecule has 0 amide bonds. The number of aryl methyl sites for hydroxylation is 1. The Morgan fingerprint density at radius 1 is 1.12 bits per heavy atom.